The normalized spacial score (nSPS) is 11.3. The molecule has 3 aromatic heterocycles. The highest BCUT2D eigenvalue weighted by Crippen LogP contribution is 2.14. The van der Waals surface area contributed by atoms with Crippen molar-refractivity contribution in [1.82, 2.24) is 24.1 Å². The molecule has 0 aliphatic carbocycles. The fraction of sp³-hybridized carbons (Fsp3) is 0.250. The lowest BCUT2D eigenvalue weighted by Gasteiger charge is -2.02. The third kappa shape index (κ3) is 1.38. The summed E-state index contributed by atoms with van der Waals surface area (Å²) in [5.74, 6) is 1.10. The Bertz CT molecular complexity index is 793. The maximum Gasteiger partial charge on any atom is 0.275 e. The summed E-state index contributed by atoms with van der Waals surface area (Å²) < 4.78 is 3.43. The van der Waals surface area contributed by atoms with E-state index in [1.807, 2.05) is 37.9 Å². The van der Waals surface area contributed by atoms with Gasteiger partial charge in [0.1, 0.15) is 5.52 Å². The Morgan fingerprint density at radius 1 is 1.33 bits per heavy atom. The molecule has 6 nitrogen and oxygen atoms in total. The average Bonchev–Trinajstić information content (AvgIpc) is 2.84. The fourth-order valence-corrected chi connectivity index (χ4v) is 2.05. The van der Waals surface area contributed by atoms with E-state index in [1.54, 1.807) is 10.7 Å². The second kappa shape index (κ2) is 3.56. The zero-order valence-corrected chi connectivity index (χ0v) is 10.4. The van der Waals surface area contributed by atoms with Crippen molar-refractivity contribution in [2.45, 2.75) is 13.8 Å². The largest absolute Gasteiger partial charge is 0.331 e. The average molecular weight is 243 g/mol. The van der Waals surface area contributed by atoms with Crippen molar-refractivity contribution in [3.05, 3.63) is 40.1 Å². The van der Waals surface area contributed by atoms with Crippen LogP contribution in [0, 0.1) is 13.8 Å². The lowest BCUT2D eigenvalue weighted by Crippen LogP contribution is -2.15. The van der Waals surface area contributed by atoms with Crippen molar-refractivity contribution < 1.29 is 0 Å². The van der Waals surface area contributed by atoms with Gasteiger partial charge in [-0.1, -0.05) is 0 Å². The molecule has 0 saturated carbocycles. The molecular weight excluding hydrogens is 230 g/mol. The predicted octanol–water partition coefficient (Wildman–Crippen LogP) is 1.04. The van der Waals surface area contributed by atoms with E-state index in [2.05, 4.69) is 15.1 Å². The minimum absolute atomic E-state index is 0.145. The van der Waals surface area contributed by atoms with E-state index in [0.717, 1.165) is 11.1 Å². The molecular formula is C12H13N5O. The number of nitrogens with zero attached hydrogens (tertiary/aromatic N) is 4. The first kappa shape index (κ1) is 10.8. The molecule has 18 heavy (non-hydrogen) atoms. The van der Waals surface area contributed by atoms with E-state index in [0.29, 0.717) is 17.2 Å². The third-order valence-electron chi connectivity index (χ3n) is 3.18. The molecule has 6 heteroatoms. The molecule has 0 spiro atoms. The molecule has 92 valence electrons. The van der Waals surface area contributed by atoms with Crippen LogP contribution in [-0.4, -0.2) is 24.1 Å². The first-order valence-corrected chi connectivity index (χ1v) is 5.64. The number of fused-ring (bicyclic) bond motifs is 1. The number of rotatable bonds is 1. The van der Waals surface area contributed by atoms with Gasteiger partial charge in [-0.05, 0) is 25.0 Å². The van der Waals surface area contributed by atoms with E-state index in [-0.39, 0.29) is 5.56 Å². The van der Waals surface area contributed by atoms with Gasteiger partial charge in [-0.2, -0.15) is 0 Å². The van der Waals surface area contributed by atoms with Gasteiger partial charge < -0.3 is 9.55 Å². The summed E-state index contributed by atoms with van der Waals surface area (Å²) in [6.45, 7) is 3.88. The summed E-state index contributed by atoms with van der Waals surface area (Å²) in [7, 11) is 1.86. The number of imidazole rings is 1. The van der Waals surface area contributed by atoms with Gasteiger partial charge in [-0.25, -0.2) is 9.50 Å². The summed E-state index contributed by atoms with van der Waals surface area (Å²) in [6.07, 6.45) is 5.34. The first-order valence-electron chi connectivity index (χ1n) is 5.64. The van der Waals surface area contributed by atoms with E-state index in [9.17, 15) is 4.79 Å². The molecule has 0 radical (unpaired) electrons. The number of nitrogens with one attached hydrogen (secondary N) is 1. The standard InChI is InChI=1S/C12H13N5O/c1-7-6-17-9(8(7)2)12(18)14-10(15-17)11-13-4-5-16(11)3/h4-6H,1-3H3,(H,14,15,18). The van der Waals surface area contributed by atoms with E-state index in [4.69, 9.17) is 0 Å². The van der Waals surface area contributed by atoms with Crippen LogP contribution in [-0.2, 0) is 7.05 Å². The highest BCUT2D eigenvalue weighted by molar-refractivity contribution is 5.57. The summed E-state index contributed by atoms with van der Waals surface area (Å²) in [5.41, 5.74) is 2.44. The lowest BCUT2D eigenvalue weighted by atomic mass is 10.2. The van der Waals surface area contributed by atoms with Crippen molar-refractivity contribution >= 4 is 5.52 Å². The fourth-order valence-electron chi connectivity index (χ4n) is 2.05. The molecule has 3 rings (SSSR count). The van der Waals surface area contributed by atoms with Crippen LogP contribution >= 0.6 is 0 Å². The van der Waals surface area contributed by atoms with Crippen molar-refractivity contribution in [2.75, 3.05) is 0 Å². The quantitative estimate of drug-likeness (QED) is 0.694. The second-order valence-electron chi connectivity index (χ2n) is 4.39. The molecule has 3 heterocycles. The van der Waals surface area contributed by atoms with Gasteiger partial charge in [-0.3, -0.25) is 4.79 Å². The second-order valence-corrected chi connectivity index (χ2v) is 4.39. The molecule has 0 unspecified atom stereocenters. The van der Waals surface area contributed by atoms with E-state index < -0.39 is 0 Å². The maximum atomic E-state index is 12.1. The molecule has 0 fully saturated rings. The monoisotopic (exact) mass is 243 g/mol. The number of aromatic amines is 1. The first-order chi connectivity index (χ1) is 8.58. The molecule has 0 bridgehead atoms. The molecule has 0 aliphatic rings. The number of hydrogen-bond donors (Lipinski definition) is 1. The maximum absolute atomic E-state index is 12.1. The Kier molecular flexibility index (Phi) is 2.13. The van der Waals surface area contributed by atoms with Crippen LogP contribution in [0.15, 0.2) is 23.4 Å². The molecule has 0 amide bonds. The van der Waals surface area contributed by atoms with Gasteiger partial charge in [0.15, 0.2) is 11.6 Å². The van der Waals surface area contributed by atoms with Gasteiger partial charge in [0.2, 0.25) is 0 Å². The molecule has 0 aromatic carbocycles. The zero-order valence-electron chi connectivity index (χ0n) is 10.4. The summed E-state index contributed by atoms with van der Waals surface area (Å²) in [4.78, 5) is 19.0. The molecule has 1 N–H and O–H groups in total. The zero-order chi connectivity index (χ0) is 12.9. The van der Waals surface area contributed by atoms with Crippen LogP contribution in [0.1, 0.15) is 11.1 Å². The Morgan fingerprint density at radius 2 is 2.11 bits per heavy atom. The highest BCUT2D eigenvalue weighted by atomic mass is 16.1. The van der Waals surface area contributed by atoms with Crippen LogP contribution in [0.2, 0.25) is 0 Å². The SMILES string of the molecule is Cc1cn2nc(-c3nccn3C)[nH]c(=O)c2c1C. The predicted molar refractivity (Wildman–Crippen MR) is 67.5 cm³/mol. The molecule has 0 saturated heterocycles. The van der Waals surface area contributed by atoms with Crippen LogP contribution < -0.4 is 5.56 Å². The van der Waals surface area contributed by atoms with Crippen LogP contribution in [0.3, 0.4) is 0 Å². The van der Waals surface area contributed by atoms with Crippen LogP contribution in [0.25, 0.3) is 17.2 Å². The topological polar surface area (TPSA) is 68.0 Å². The van der Waals surface area contributed by atoms with E-state index >= 15 is 0 Å². The van der Waals surface area contributed by atoms with Gasteiger partial charge in [-0.15, -0.1) is 5.10 Å². The molecule has 3 aromatic rings. The van der Waals surface area contributed by atoms with Crippen molar-refractivity contribution in [1.29, 1.82) is 0 Å². The Labute approximate surface area is 103 Å². The smallest absolute Gasteiger partial charge is 0.275 e. The summed E-state index contributed by atoms with van der Waals surface area (Å²) in [6, 6.07) is 0. The number of aryl methyl sites for hydroxylation is 3. The summed E-state index contributed by atoms with van der Waals surface area (Å²) in [5, 5.41) is 4.40. The van der Waals surface area contributed by atoms with Gasteiger partial charge in [0, 0.05) is 25.6 Å². The minimum Gasteiger partial charge on any atom is -0.331 e. The van der Waals surface area contributed by atoms with Gasteiger partial charge in [0.25, 0.3) is 5.56 Å². The van der Waals surface area contributed by atoms with Crippen LogP contribution in [0.5, 0.6) is 0 Å². The van der Waals surface area contributed by atoms with Crippen LogP contribution in [0.4, 0.5) is 0 Å². The third-order valence-corrected chi connectivity index (χ3v) is 3.18. The summed E-state index contributed by atoms with van der Waals surface area (Å²) >= 11 is 0. The number of hydrogen-bond acceptors (Lipinski definition) is 3. The van der Waals surface area contributed by atoms with Gasteiger partial charge >= 0.3 is 0 Å². The minimum atomic E-state index is -0.145. The van der Waals surface area contributed by atoms with Gasteiger partial charge in [0.05, 0.1) is 0 Å². The molecule has 0 aliphatic heterocycles. The van der Waals surface area contributed by atoms with Crippen molar-refractivity contribution in [3.8, 4) is 11.6 Å². The number of H-pyrrole nitrogens is 1. The molecule has 0 atom stereocenters. The lowest BCUT2D eigenvalue weighted by molar-refractivity contribution is 0.849. The van der Waals surface area contributed by atoms with Crippen molar-refractivity contribution in [3.63, 3.8) is 0 Å². The Morgan fingerprint density at radius 3 is 2.78 bits per heavy atom. The number of aromatic nitrogens is 5. The highest BCUT2D eigenvalue weighted by Gasteiger charge is 2.12. The van der Waals surface area contributed by atoms with E-state index in [1.165, 1.54) is 0 Å². The Hall–Kier alpha value is -2.37. The Balaban J connectivity index is 2.35. The van der Waals surface area contributed by atoms with Crippen molar-refractivity contribution in [2.24, 2.45) is 7.05 Å².